The zero-order valence-corrected chi connectivity index (χ0v) is 20.5. The summed E-state index contributed by atoms with van der Waals surface area (Å²) in [5.41, 5.74) is 8.18. The minimum Gasteiger partial charge on any atom is -0.339 e. The molecule has 2 aromatic rings. The predicted octanol–water partition coefficient (Wildman–Crippen LogP) is 7.12. The number of hydrogen-bond acceptors (Lipinski definition) is 1. The lowest BCUT2D eigenvalue weighted by Crippen LogP contribution is -2.41. The number of rotatable bonds is 3. The third-order valence-corrected chi connectivity index (χ3v) is 6.99. The molecule has 0 aromatic heterocycles. The molecule has 0 N–H and O–H groups in total. The van der Waals surface area contributed by atoms with Gasteiger partial charge in [0.25, 0.3) is 0 Å². The van der Waals surface area contributed by atoms with E-state index in [-0.39, 0.29) is 16.4 Å². The van der Waals surface area contributed by atoms with E-state index in [1.54, 1.807) is 0 Å². The van der Waals surface area contributed by atoms with Crippen molar-refractivity contribution in [2.75, 3.05) is 11.4 Å². The third-order valence-electron chi connectivity index (χ3n) is 6.99. The number of anilines is 1. The Labute approximate surface area is 188 Å². The monoisotopic (exact) mass is 413 g/mol. The normalized spacial score (nSPS) is 20.6. The Morgan fingerprint density at radius 1 is 0.871 bits per heavy atom. The Morgan fingerprint density at radius 3 is 2.13 bits per heavy atom. The minimum absolute atomic E-state index is 0.000514. The van der Waals surface area contributed by atoms with E-state index in [2.05, 4.69) is 132 Å². The van der Waals surface area contributed by atoms with Crippen LogP contribution in [0, 0.1) is 0 Å². The van der Waals surface area contributed by atoms with Gasteiger partial charge in [-0.25, -0.2) is 0 Å². The van der Waals surface area contributed by atoms with Crippen molar-refractivity contribution in [3.63, 3.8) is 0 Å². The first kappa shape index (κ1) is 21.6. The second kappa shape index (κ2) is 7.22. The molecule has 2 nitrogen and oxygen atoms in total. The lowest BCUT2D eigenvalue weighted by molar-refractivity contribution is -0.433. The molecule has 2 aromatic carbocycles. The molecule has 0 atom stereocenters. The first-order chi connectivity index (χ1) is 14.5. The van der Waals surface area contributed by atoms with E-state index in [9.17, 15) is 0 Å². The van der Waals surface area contributed by atoms with Gasteiger partial charge in [-0.2, -0.15) is 4.58 Å². The van der Waals surface area contributed by atoms with Gasteiger partial charge in [0.15, 0.2) is 5.71 Å². The molecule has 2 aliphatic heterocycles. The molecule has 31 heavy (non-hydrogen) atoms. The smallest absolute Gasteiger partial charge is 0.209 e. The van der Waals surface area contributed by atoms with Gasteiger partial charge in [-0.3, -0.25) is 0 Å². The van der Waals surface area contributed by atoms with Gasteiger partial charge in [-0.05, 0) is 59.2 Å². The molecule has 0 saturated carbocycles. The van der Waals surface area contributed by atoms with Gasteiger partial charge in [0, 0.05) is 40.0 Å². The van der Waals surface area contributed by atoms with E-state index >= 15 is 0 Å². The van der Waals surface area contributed by atoms with Crippen LogP contribution in [0.15, 0.2) is 72.5 Å². The maximum absolute atomic E-state index is 2.52. The van der Waals surface area contributed by atoms with Gasteiger partial charge < -0.3 is 4.90 Å². The van der Waals surface area contributed by atoms with Crippen LogP contribution in [0.5, 0.6) is 0 Å². The maximum atomic E-state index is 2.52. The highest BCUT2D eigenvalue weighted by molar-refractivity contribution is 6.03. The summed E-state index contributed by atoms with van der Waals surface area (Å²) >= 11 is 0. The standard InChI is InChI=1S/C29H37N2/c1-9-30-23-17-12-10-15-21(23)28(5,6)25(30)19-14-20-26-29(7,8)22-16-11-13-18-24(22)31(26)27(2,3)4/h10-20H,9H2,1-8H3/q+1. The summed E-state index contributed by atoms with van der Waals surface area (Å²) in [6.45, 7) is 19.5. The summed E-state index contributed by atoms with van der Waals surface area (Å²) in [7, 11) is 0. The molecule has 0 amide bonds. The second-order valence-corrected chi connectivity index (χ2v) is 10.8. The molecule has 0 radical (unpaired) electrons. The Hall–Kier alpha value is -2.61. The number of para-hydroxylation sites is 2. The fourth-order valence-electron chi connectivity index (χ4n) is 5.46. The molecule has 0 bridgehead atoms. The van der Waals surface area contributed by atoms with Crippen LogP contribution in [0.3, 0.4) is 0 Å². The summed E-state index contributed by atoms with van der Waals surface area (Å²) in [4.78, 5) is 2.52. The molecule has 0 fully saturated rings. The number of hydrogen-bond donors (Lipinski definition) is 0. The molecule has 0 spiro atoms. The third kappa shape index (κ3) is 3.28. The summed E-state index contributed by atoms with van der Waals surface area (Å²) in [6.07, 6.45) is 6.94. The molecule has 0 saturated heterocycles. The first-order valence-electron chi connectivity index (χ1n) is 11.5. The highest BCUT2D eigenvalue weighted by Crippen LogP contribution is 2.50. The SMILES string of the molecule is CC[N+]1=C(/C=C/C=C2/N(C(C)(C)C)c3ccccc3C2(C)C)C(C)(C)c2ccccc21. The molecule has 162 valence electrons. The van der Waals surface area contributed by atoms with E-state index in [1.807, 2.05) is 0 Å². The van der Waals surface area contributed by atoms with Gasteiger partial charge in [0.2, 0.25) is 5.69 Å². The van der Waals surface area contributed by atoms with Gasteiger partial charge in [0.05, 0.1) is 5.41 Å². The Bertz CT molecular complexity index is 1100. The molecular formula is C29H37N2+. The fraction of sp³-hybridized carbons (Fsp3) is 0.414. The van der Waals surface area contributed by atoms with Crippen molar-refractivity contribution in [2.45, 2.75) is 71.8 Å². The number of allylic oxidation sites excluding steroid dienone is 4. The summed E-state index contributed by atoms with van der Waals surface area (Å²) in [5, 5.41) is 0. The Balaban J connectivity index is 1.79. The van der Waals surface area contributed by atoms with Crippen LogP contribution in [0.4, 0.5) is 11.4 Å². The van der Waals surface area contributed by atoms with Gasteiger partial charge in [0.1, 0.15) is 6.54 Å². The molecular weight excluding hydrogens is 376 g/mol. The van der Waals surface area contributed by atoms with Crippen molar-refractivity contribution in [3.05, 3.63) is 83.6 Å². The minimum atomic E-state index is -0.0303. The van der Waals surface area contributed by atoms with Gasteiger partial charge >= 0.3 is 0 Å². The van der Waals surface area contributed by atoms with E-state index in [4.69, 9.17) is 0 Å². The topological polar surface area (TPSA) is 6.25 Å². The summed E-state index contributed by atoms with van der Waals surface area (Å²) in [5.74, 6) is 0. The summed E-state index contributed by atoms with van der Waals surface area (Å²) < 4.78 is 2.46. The number of benzene rings is 2. The molecule has 2 heterocycles. The van der Waals surface area contributed by atoms with Crippen molar-refractivity contribution in [2.24, 2.45) is 0 Å². The zero-order chi connectivity index (χ0) is 22.6. The average molecular weight is 414 g/mol. The second-order valence-electron chi connectivity index (χ2n) is 10.8. The van der Waals surface area contributed by atoms with Crippen LogP contribution < -0.4 is 4.90 Å². The van der Waals surface area contributed by atoms with Crippen molar-refractivity contribution in [3.8, 4) is 0 Å². The van der Waals surface area contributed by atoms with Crippen LogP contribution in [0.1, 0.15) is 66.5 Å². The maximum Gasteiger partial charge on any atom is 0.209 e. The lowest BCUT2D eigenvalue weighted by Gasteiger charge is -2.38. The fourth-order valence-corrected chi connectivity index (χ4v) is 5.46. The molecule has 0 unspecified atom stereocenters. The molecule has 2 heteroatoms. The largest absolute Gasteiger partial charge is 0.339 e. The molecule has 4 rings (SSSR count). The van der Waals surface area contributed by atoms with Crippen LogP contribution in [-0.4, -0.2) is 22.4 Å². The number of nitrogens with zero attached hydrogens (tertiary/aromatic N) is 2. The average Bonchev–Trinajstić information content (AvgIpc) is 3.07. The highest BCUT2D eigenvalue weighted by Gasteiger charge is 2.45. The predicted molar refractivity (Wildman–Crippen MR) is 134 cm³/mol. The molecule has 2 aliphatic rings. The van der Waals surface area contributed by atoms with Crippen molar-refractivity contribution in [1.82, 2.24) is 0 Å². The summed E-state index contributed by atoms with van der Waals surface area (Å²) in [6, 6.07) is 17.7. The first-order valence-corrected chi connectivity index (χ1v) is 11.5. The van der Waals surface area contributed by atoms with E-state index in [0.717, 1.165) is 6.54 Å². The van der Waals surface area contributed by atoms with Crippen LogP contribution in [0.25, 0.3) is 0 Å². The quantitative estimate of drug-likeness (QED) is 0.486. The van der Waals surface area contributed by atoms with Gasteiger partial charge in [-0.15, -0.1) is 0 Å². The van der Waals surface area contributed by atoms with Crippen molar-refractivity contribution < 1.29 is 4.58 Å². The van der Waals surface area contributed by atoms with Crippen LogP contribution in [0.2, 0.25) is 0 Å². The molecule has 0 aliphatic carbocycles. The van der Waals surface area contributed by atoms with E-state index < -0.39 is 0 Å². The van der Waals surface area contributed by atoms with E-state index in [1.165, 1.54) is 33.9 Å². The Kier molecular flexibility index (Phi) is 5.04. The van der Waals surface area contributed by atoms with Crippen LogP contribution in [-0.2, 0) is 10.8 Å². The zero-order valence-electron chi connectivity index (χ0n) is 20.5. The van der Waals surface area contributed by atoms with E-state index in [0.29, 0.717) is 0 Å². The van der Waals surface area contributed by atoms with Gasteiger partial charge in [-0.1, -0.05) is 56.3 Å². The Morgan fingerprint density at radius 2 is 1.48 bits per heavy atom. The lowest BCUT2D eigenvalue weighted by atomic mass is 9.81. The highest BCUT2D eigenvalue weighted by atomic mass is 15.2. The van der Waals surface area contributed by atoms with Crippen LogP contribution >= 0.6 is 0 Å². The number of fused-ring (bicyclic) bond motifs is 2. The van der Waals surface area contributed by atoms with Crippen molar-refractivity contribution >= 4 is 17.1 Å². The van der Waals surface area contributed by atoms with Crippen molar-refractivity contribution in [1.29, 1.82) is 0 Å².